The Balaban J connectivity index is 1.76. The van der Waals surface area contributed by atoms with Gasteiger partial charge in [-0.2, -0.15) is 0 Å². The Morgan fingerprint density at radius 1 is 0.867 bits per heavy atom. The lowest BCUT2D eigenvalue weighted by molar-refractivity contribution is -0.0745. The van der Waals surface area contributed by atoms with Gasteiger partial charge in [0.2, 0.25) is 0 Å². The number of carbonyl (C=O) groups excluding carboxylic acids is 1. The Morgan fingerprint density at radius 3 is 1.80 bits per heavy atom. The van der Waals surface area contributed by atoms with Crippen LogP contribution in [0.3, 0.4) is 0 Å². The van der Waals surface area contributed by atoms with Crippen molar-refractivity contribution in [3.8, 4) is 0 Å². The van der Waals surface area contributed by atoms with Gasteiger partial charge in [-0.1, -0.05) is 103 Å². The fourth-order valence-corrected chi connectivity index (χ4v) is 4.15. The van der Waals surface area contributed by atoms with Gasteiger partial charge in [0, 0.05) is 13.2 Å². The maximum Gasteiger partial charge on any atom is 0.407 e. The first-order valence-electron chi connectivity index (χ1n) is 12.9. The second kappa shape index (κ2) is 18.9. The third-order valence-electron chi connectivity index (χ3n) is 6.24. The number of rotatable bonds is 20. The summed E-state index contributed by atoms with van der Waals surface area (Å²) in [6, 6.07) is 0. The van der Waals surface area contributed by atoms with Crippen LogP contribution in [0.4, 0.5) is 4.79 Å². The molecule has 1 aliphatic rings. The lowest BCUT2D eigenvalue weighted by Crippen LogP contribution is -2.40. The number of amides is 1. The summed E-state index contributed by atoms with van der Waals surface area (Å²) in [5.74, 6) is 0. The zero-order valence-corrected chi connectivity index (χ0v) is 19.7. The standard InChI is InChI=1S/C25H49NO4/c1-2-3-4-5-6-7-8-9-10-11-12-13-14-15-16-17-20-26-24(28)29-23-25(22-27)19-18-21-30-25/h27H,2-23H2,1H3,(H,26,28)/t25-/m1/s1. The minimum Gasteiger partial charge on any atom is -0.446 e. The van der Waals surface area contributed by atoms with Crippen LogP contribution in [0.5, 0.6) is 0 Å². The first-order valence-corrected chi connectivity index (χ1v) is 12.9. The van der Waals surface area contributed by atoms with Crippen LogP contribution in [-0.4, -0.2) is 43.2 Å². The van der Waals surface area contributed by atoms with Crippen LogP contribution >= 0.6 is 0 Å². The Morgan fingerprint density at radius 2 is 1.37 bits per heavy atom. The molecule has 0 aromatic heterocycles. The van der Waals surface area contributed by atoms with Crippen LogP contribution in [-0.2, 0) is 9.47 Å². The van der Waals surface area contributed by atoms with E-state index < -0.39 is 11.7 Å². The number of hydrogen-bond acceptors (Lipinski definition) is 4. The molecule has 178 valence electrons. The first kappa shape index (κ1) is 27.2. The molecule has 1 amide bonds. The zero-order chi connectivity index (χ0) is 21.8. The molecule has 1 rings (SSSR count). The van der Waals surface area contributed by atoms with E-state index in [9.17, 15) is 9.90 Å². The summed E-state index contributed by atoms with van der Waals surface area (Å²) >= 11 is 0. The summed E-state index contributed by atoms with van der Waals surface area (Å²) in [6.07, 6.45) is 22.8. The topological polar surface area (TPSA) is 67.8 Å². The Hall–Kier alpha value is -0.810. The Bertz CT molecular complexity index is 397. The quantitative estimate of drug-likeness (QED) is 0.217. The molecule has 5 heteroatoms. The molecule has 2 N–H and O–H groups in total. The van der Waals surface area contributed by atoms with E-state index in [1.165, 1.54) is 89.9 Å². The van der Waals surface area contributed by atoms with E-state index in [0.29, 0.717) is 13.2 Å². The van der Waals surface area contributed by atoms with Crippen molar-refractivity contribution in [1.82, 2.24) is 5.32 Å². The fourth-order valence-electron chi connectivity index (χ4n) is 4.15. The van der Waals surface area contributed by atoms with Crippen LogP contribution in [0.2, 0.25) is 0 Å². The molecule has 0 bridgehead atoms. The van der Waals surface area contributed by atoms with Crippen molar-refractivity contribution >= 4 is 6.09 Å². The molecule has 0 aromatic rings. The van der Waals surface area contributed by atoms with E-state index in [1.54, 1.807) is 0 Å². The summed E-state index contributed by atoms with van der Waals surface area (Å²) in [6.45, 7) is 3.60. The molecular formula is C25H49NO4. The van der Waals surface area contributed by atoms with Crippen LogP contribution in [0.25, 0.3) is 0 Å². The predicted octanol–water partition coefficient (Wildman–Crippen LogP) is 6.52. The van der Waals surface area contributed by atoms with Crippen molar-refractivity contribution < 1.29 is 19.4 Å². The van der Waals surface area contributed by atoms with Crippen LogP contribution in [0, 0.1) is 0 Å². The number of nitrogens with one attached hydrogen (secondary N) is 1. The van der Waals surface area contributed by atoms with E-state index >= 15 is 0 Å². The number of ether oxygens (including phenoxy) is 2. The Labute approximate surface area is 185 Å². The van der Waals surface area contributed by atoms with Gasteiger partial charge in [0.1, 0.15) is 12.2 Å². The van der Waals surface area contributed by atoms with Crippen molar-refractivity contribution in [2.45, 2.75) is 128 Å². The smallest absolute Gasteiger partial charge is 0.407 e. The van der Waals surface area contributed by atoms with E-state index in [-0.39, 0.29) is 13.2 Å². The van der Waals surface area contributed by atoms with Gasteiger partial charge >= 0.3 is 6.09 Å². The molecule has 0 unspecified atom stereocenters. The fraction of sp³-hybridized carbons (Fsp3) is 0.960. The summed E-state index contributed by atoms with van der Waals surface area (Å²) in [5.41, 5.74) is -0.675. The van der Waals surface area contributed by atoms with Gasteiger partial charge in [0.05, 0.1) is 6.61 Å². The molecule has 5 nitrogen and oxygen atoms in total. The molecule has 0 spiro atoms. The SMILES string of the molecule is CCCCCCCCCCCCCCCCCCNC(=O)OC[C@]1(CO)CCCO1. The molecule has 0 aliphatic carbocycles. The van der Waals surface area contributed by atoms with Gasteiger partial charge in [-0.25, -0.2) is 4.79 Å². The minimum atomic E-state index is -0.675. The van der Waals surface area contributed by atoms with Crippen molar-refractivity contribution in [3.63, 3.8) is 0 Å². The van der Waals surface area contributed by atoms with E-state index in [1.807, 2.05) is 0 Å². The highest BCUT2D eigenvalue weighted by Gasteiger charge is 2.36. The lowest BCUT2D eigenvalue weighted by atomic mass is 10.0. The van der Waals surface area contributed by atoms with Crippen molar-refractivity contribution in [2.75, 3.05) is 26.4 Å². The van der Waals surface area contributed by atoms with Gasteiger partial charge < -0.3 is 19.9 Å². The minimum absolute atomic E-state index is 0.0978. The lowest BCUT2D eigenvalue weighted by Gasteiger charge is -2.25. The molecular weight excluding hydrogens is 378 g/mol. The maximum atomic E-state index is 11.7. The summed E-state index contributed by atoms with van der Waals surface area (Å²) in [4.78, 5) is 11.7. The van der Waals surface area contributed by atoms with Crippen molar-refractivity contribution in [3.05, 3.63) is 0 Å². The number of carbonyl (C=O) groups is 1. The third-order valence-corrected chi connectivity index (χ3v) is 6.24. The second-order valence-electron chi connectivity index (χ2n) is 9.10. The summed E-state index contributed by atoms with van der Waals surface area (Å²) in [7, 11) is 0. The molecule has 1 heterocycles. The van der Waals surface area contributed by atoms with E-state index in [2.05, 4.69) is 12.2 Å². The molecule has 0 saturated carbocycles. The molecule has 30 heavy (non-hydrogen) atoms. The van der Waals surface area contributed by atoms with E-state index in [4.69, 9.17) is 9.47 Å². The first-order chi connectivity index (χ1) is 14.7. The number of unbranched alkanes of at least 4 members (excludes halogenated alkanes) is 15. The molecule has 1 saturated heterocycles. The second-order valence-corrected chi connectivity index (χ2v) is 9.10. The zero-order valence-electron chi connectivity index (χ0n) is 19.7. The average molecular weight is 428 g/mol. The number of aliphatic hydroxyl groups is 1. The van der Waals surface area contributed by atoms with Gasteiger partial charge in [0.15, 0.2) is 0 Å². The van der Waals surface area contributed by atoms with Gasteiger partial charge in [0.25, 0.3) is 0 Å². The van der Waals surface area contributed by atoms with Crippen LogP contribution < -0.4 is 5.32 Å². The highest BCUT2D eigenvalue weighted by Crippen LogP contribution is 2.25. The molecule has 0 aromatic carbocycles. The third kappa shape index (κ3) is 14.2. The molecule has 1 fully saturated rings. The van der Waals surface area contributed by atoms with E-state index in [0.717, 1.165) is 25.7 Å². The van der Waals surface area contributed by atoms with Gasteiger partial charge in [-0.05, 0) is 19.3 Å². The molecule has 1 aliphatic heterocycles. The Kier molecular flexibility index (Phi) is 17.2. The van der Waals surface area contributed by atoms with Crippen LogP contribution in [0.15, 0.2) is 0 Å². The highest BCUT2D eigenvalue weighted by atomic mass is 16.6. The number of alkyl carbamates (subject to hydrolysis) is 1. The monoisotopic (exact) mass is 427 g/mol. The highest BCUT2D eigenvalue weighted by molar-refractivity contribution is 5.67. The number of hydrogen-bond donors (Lipinski definition) is 2. The van der Waals surface area contributed by atoms with Gasteiger partial charge in [-0.3, -0.25) is 0 Å². The van der Waals surface area contributed by atoms with Gasteiger partial charge in [-0.15, -0.1) is 0 Å². The van der Waals surface area contributed by atoms with Crippen LogP contribution in [0.1, 0.15) is 122 Å². The average Bonchev–Trinajstić information content (AvgIpc) is 3.24. The predicted molar refractivity (Wildman–Crippen MR) is 124 cm³/mol. The number of aliphatic hydroxyl groups excluding tert-OH is 1. The largest absolute Gasteiger partial charge is 0.446 e. The maximum absolute atomic E-state index is 11.7. The van der Waals surface area contributed by atoms with Crippen molar-refractivity contribution in [1.29, 1.82) is 0 Å². The summed E-state index contributed by atoms with van der Waals surface area (Å²) in [5, 5.41) is 12.2. The normalized spacial score (nSPS) is 18.6. The molecule has 0 radical (unpaired) electrons. The van der Waals surface area contributed by atoms with Crippen molar-refractivity contribution in [2.24, 2.45) is 0 Å². The molecule has 1 atom stereocenters. The summed E-state index contributed by atoms with van der Waals surface area (Å²) < 4.78 is 10.7.